The third-order valence-electron chi connectivity index (χ3n) is 5.63. The van der Waals surface area contributed by atoms with E-state index in [9.17, 15) is 13.2 Å². The molecule has 0 aliphatic heterocycles. The Morgan fingerprint density at radius 3 is 2.43 bits per heavy atom. The van der Waals surface area contributed by atoms with Crippen LogP contribution in [0.5, 0.6) is 5.75 Å². The van der Waals surface area contributed by atoms with Crippen LogP contribution in [0.25, 0.3) is 10.8 Å². The minimum Gasteiger partial charge on any atom is -0.489 e. The van der Waals surface area contributed by atoms with Crippen molar-refractivity contribution in [2.75, 3.05) is 17.1 Å². The number of nitrogens with one attached hydrogen (secondary N) is 1. The molecule has 4 aromatic carbocycles. The Bertz CT molecular complexity index is 1550. The molecule has 0 aliphatic rings. The smallest absolute Gasteiger partial charge is 0.260 e. The van der Waals surface area contributed by atoms with Crippen LogP contribution in [0.1, 0.15) is 16.7 Å². The number of hydrogen-bond acceptors (Lipinski definition) is 5. The van der Waals surface area contributed by atoms with Crippen molar-refractivity contribution in [3.05, 3.63) is 107 Å². The third kappa shape index (κ3) is 7.09. The van der Waals surface area contributed by atoms with Crippen molar-refractivity contribution in [3.63, 3.8) is 0 Å². The summed E-state index contributed by atoms with van der Waals surface area (Å²) in [5.74, 6) is 0.114. The minimum atomic E-state index is -3.71. The molecule has 0 radical (unpaired) electrons. The molecule has 4 aromatic rings. The maximum absolute atomic E-state index is 12.4. The van der Waals surface area contributed by atoms with E-state index >= 15 is 0 Å². The van der Waals surface area contributed by atoms with Crippen LogP contribution in [0.4, 0.5) is 5.69 Å². The average molecular weight is 536 g/mol. The van der Waals surface area contributed by atoms with E-state index in [1.165, 1.54) is 23.1 Å². The minimum absolute atomic E-state index is 0.302. The number of aryl methyl sites for hydroxylation is 1. The van der Waals surface area contributed by atoms with Crippen molar-refractivity contribution in [3.8, 4) is 5.75 Å². The molecule has 0 atom stereocenters. The lowest BCUT2D eigenvalue weighted by atomic mass is 10.1. The number of anilines is 1. The third-order valence-corrected chi connectivity index (χ3v) is 7.18. The van der Waals surface area contributed by atoms with Gasteiger partial charge < -0.3 is 4.74 Å². The highest BCUT2D eigenvalue weighted by Gasteiger charge is 2.21. The van der Waals surface area contributed by atoms with Gasteiger partial charge in [-0.1, -0.05) is 54.1 Å². The predicted molar refractivity (Wildman–Crippen MR) is 149 cm³/mol. The molecular weight excluding hydrogens is 510 g/mol. The molecular formula is C28H26ClN3O4S. The van der Waals surface area contributed by atoms with E-state index in [4.69, 9.17) is 16.3 Å². The van der Waals surface area contributed by atoms with E-state index in [0.717, 1.165) is 27.3 Å². The average Bonchev–Trinajstić information content (AvgIpc) is 2.88. The van der Waals surface area contributed by atoms with Crippen LogP contribution in [0.2, 0.25) is 5.02 Å². The zero-order valence-corrected chi connectivity index (χ0v) is 22.0. The number of carbonyl (C=O) groups excluding carboxylic acids is 1. The number of nitrogens with zero attached hydrogens (tertiary/aromatic N) is 2. The summed E-state index contributed by atoms with van der Waals surface area (Å²) in [6.07, 6.45) is 2.50. The molecule has 9 heteroatoms. The Hall–Kier alpha value is -3.88. The van der Waals surface area contributed by atoms with E-state index in [0.29, 0.717) is 23.1 Å². The van der Waals surface area contributed by atoms with Crippen molar-refractivity contribution in [1.29, 1.82) is 0 Å². The van der Waals surface area contributed by atoms with Crippen LogP contribution in [-0.2, 0) is 21.4 Å². The van der Waals surface area contributed by atoms with E-state index in [1.807, 2.05) is 49.4 Å². The monoisotopic (exact) mass is 535 g/mol. The van der Waals surface area contributed by atoms with E-state index < -0.39 is 22.5 Å². The van der Waals surface area contributed by atoms with Gasteiger partial charge in [-0.2, -0.15) is 5.10 Å². The molecule has 0 saturated heterocycles. The Labute approximate surface area is 221 Å². The second-order valence-electron chi connectivity index (χ2n) is 8.54. The number of benzene rings is 4. The quantitative estimate of drug-likeness (QED) is 0.233. The largest absolute Gasteiger partial charge is 0.489 e. The maximum Gasteiger partial charge on any atom is 0.260 e. The molecule has 190 valence electrons. The molecule has 0 heterocycles. The van der Waals surface area contributed by atoms with Gasteiger partial charge in [0.1, 0.15) is 18.9 Å². The molecule has 0 spiro atoms. The fourth-order valence-corrected chi connectivity index (χ4v) is 4.65. The molecule has 0 bridgehead atoms. The lowest BCUT2D eigenvalue weighted by molar-refractivity contribution is -0.119. The van der Waals surface area contributed by atoms with E-state index in [-0.39, 0.29) is 0 Å². The number of amides is 1. The fourth-order valence-electron chi connectivity index (χ4n) is 3.63. The zero-order valence-electron chi connectivity index (χ0n) is 20.4. The van der Waals surface area contributed by atoms with Gasteiger partial charge in [0.15, 0.2) is 0 Å². The molecule has 0 aromatic heterocycles. The van der Waals surface area contributed by atoms with E-state index in [2.05, 4.69) is 34.8 Å². The van der Waals surface area contributed by atoms with Gasteiger partial charge in [0.25, 0.3) is 5.91 Å². The summed E-state index contributed by atoms with van der Waals surface area (Å²) in [5.41, 5.74) is 5.28. The van der Waals surface area contributed by atoms with Gasteiger partial charge in [-0.3, -0.25) is 9.10 Å². The maximum atomic E-state index is 12.4. The SMILES string of the molecule is Cc1ccc(N(CC(=O)N/N=C\c2ccc(OCc3ccc4ccccc4c3)cc2)S(C)(=O)=O)cc1Cl. The van der Waals surface area contributed by atoms with Crippen molar-refractivity contribution in [2.24, 2.45) is 5.10 Å². The van der Waals surface area contributed by atoms with Gasteiger partial charge in [-0.25, -0.2) is 13.8 Å². The second kappa shape index (κ2) is 11.5. The van der Waals surface area contributed by atoms with Crippen LogP contribution in [0, 0.1) is 6.92 Å². The van der Waals surface area contributed by atoms with Crippen molar-refractivity contribution < 1.29 is 17.9 Å². The van der Waals surface area contributed by atoms with E-state index in [1.54, 1.807) is 12.1 Å². The van der Waals surface area contributed by atoms with Crippen LogP contribution in [-0.4, -0.2) is 33.3 Å². The second-order valence-corrected chi connectivity index (χ2v) is 10.8. The summed E-state index contributed by atoms with van der Waals surface area (Å²) in [4.78, 5) is 12.4. The summed E-state index contributed by atoms with van der Waals surface area (Å²) in [5, 5.41) is 6.70. The fraction of sp³-hybridized carbons (Fsp3) is 0.143. The molecule has 0 saturated carbocycles. The van der Waals surface area contributed by atoms with Gasteiger partial charge in [0.2, 0.25) is 10.0 Å². The number of fused-ring (bicyclic) bond motifs is 1. The summed E-state index contributed by atoms with van der Waals surface area (Å²) in [6, 6.07) is 26.5. The van der Waals surface area contributed by atoms with Gasteiger partial charge in [0, 0.05) is 5.02 Å². The van der Waals surface area contributed by atoms with Crippen LogP contribution < -0.4 is 14.5 Å². The number of hydrogen-bond donors (Lipinski definition) is 1. The molecule has 1 N–H and O–H groups in total. The van der Waals surface area contributed by atoms with Crippen molar-refractivity contribution in [2.45, 2.75) is 13.5 Å². The summed E-state index contributed by atoms with van der Waals surface area (Å²) < 4.78 is 31.4. The highest BCUT2D eigenvalue weighted by molar-refractivity contribution is 7.92. The lowest BCUT2D eigenvalue weighted by Gasteiger charge is -2.21. The Balaban J connectivity index is 1.32. The van der Waals surface area contributed by atoms with Crippen LogP contribution >= 0.6 is 11.6 Å². The molecule has 0 fully saturated rings. The zero-order chi connectivity index (χ0) is 26.4. The number of carbonyl (C=O) groups is 1. The molecule has 1 amide bonds. The number of sulfonamides is 1. The first-order valence-corrected chi connectivity index (χ1v) is 13.7. The predicted octanol–water partition coefficient (Wildman–Crippen LogP) is 5.30. The molecule has 0 aliphatic carbocycles. The first-order valence-electron chi connectivity index (χ1n) is 11.5. The van der Waals surface area contributed by atoms with Gasteiger partial charge in [0.05, 0.1) is 18.2 Å². The normalized spacial score (nSPS) is 11.5. The van der Waals surface area contributed by atoms with Crippen molar-refractivity contribution in [1.82, 2.24) is 5.43 Å². The van der Waals surface area contributed by atoms with Gasteiger partial charge in [-0.15, -0.1) is 0 Å². The highest BCUT2D eigenvalue weighted by Crippen LogP contribution is 2.24. The van der Waals surface area contributed by atoms with Crippen LogP contribution in [0.3, 0.4) is 0 Å². The molecule has 4 rings (SSSR count). The first kappa shape index (κ1) is 26.2. The number of rotatable bonds is 9. The Morgan fingerprint density at radius 2 is 1.73 bits per heavy atom. The standard InChI is InChI=1S/C28H26ClN3O4S/c1-20-7-12-25(16-27(20)29)32(37(2,34)35)18-28(33)31-30-17-21-9-13-26(14-10-21)36-19-22-8-11-23-5-3-4-6-24(23)15-22/h3-17H,18-19H2,1-2H3,(H,31,33)/b30-17-. The first-order chi connectivity index (χ1) is 17.7. The highest BCUT2D eigenvalue weighted by atomic mass is 35.5. The Morgan fingerprint density at radius 1 is 1.00 bits per heavy atom. The van der Waals surface area contributed by atoms with Crippen LogP contribution in [0.15, 0.2) is 90.0 Å². The summed E-state index contributed by atoms with van der Waals surface area (Å²) in [6.45, 7) is 1.82. The van der Waals surface area contributed by atoms with Crippen molar-refractivity contribution >= 4 is 50.2 Å². The summed E-state index contributed by atoms with van der Waals surface area (Å²) in [7, 11) is -3.71. The number of halogens is 1. The molecule has 7 nitrogen and oxygen atoms in total. The van der Waals surface area contributed by atoms with Gasteiger partial charge >= 0.3 is 0 Å². The number of ether oxygens (including phenoxy) is 1. The molecule has 37 heavy (non-hydrogen) atoms. The molecule has 0 unspecified atom stereocenters. The summed E-state index contributed by atoms with van der Waals surface area (Å²) >= 11 is 6.12. The number of hydrazone groups is 1. The lowest BCUT2D eigenvalue weighted by Crippen LogP contribution is -2.39. The Kier molecular flexibility index (Phi) is 8.11. The van der Waals surface area contributed by atoms with Gasteiger partial charge in [-0.05, 0) is 76.9 Å². The topological polar surface area (TPSA) is 88.1 Å².